The predicted octanol–water partition coefficient (Wildman–Crippen LogP) is 2.73. The van der Waals surface area contributed by atoms with Crippen LogP contribution < -0.4 is 10.3 Å². The van der Waals surface area contributed by atoms with Gasteiger partial charge in [-0.2, -0.15) is 0 Å². The lowest BCUT2D eigenvalue weighted by molar-refractivity contribution is -0.384. The lowest BCUT2D eigenvalue weighted by Crippen LogP contribution is -2.49. The molecular formula is C23H21FN4O6. The maximum absolute atomic E-state index is 15.0. The number of hydrogen-bond acceptors (Lipinski definition) is 6. The Bertz CT molecular complexity index is 1360. The summed E-state index contributed by atoms with van der Waals surface area (Å²) in [6.07, 6.45) is 1.26. The van der Waals surface area contributed by atoms with Gasteiger partial charge in [-0.15, -0.1) is 0 Å². The molecule has 0 radical (unpaired) electrons. The van der Waals surface area contributed by atoms with Crippen molar-refractivity contribution in [3.05, 3.63) is 79.9 Å². The Labute approximate surface area is 192 Å². The summed E-state index contributed by atoms with van der Waals surface area (Å²) in [7, 11) is 0. The Morgan fingerprint density at radius 3 is 2.32 bits per heavy atom. The zero-order valence-electron chi connectivity index (χ0n) is 18.2. The molecule has 1 aromatic heterocycles. The number of carbonyl (C=O) groups is 2. The summed E-state index contributed by atoms with van der Waals surface area (Å²) in [6.45, 7) is 3.48. The van der Waals surface area contributed by atoms with Crippen LogP contribution in [0.2, 0.25) is 0 Å². The number of carbonyl (C=O) groups excluding carboxylic acids is 1. The first-order chi connectivity index (χ1) is 16.2. The van der Waals surface area contributed by atoms with Gasteiger partial charge in [0.1, 0.15) is 11.4 Å². The molecule has 1 aliphatic rings. The summed E-state index contributed by atoms with van der Waals surface area (Å²) >= 11 is 0. The summed E-state index contributed by atoms with van der Waals surface area (Å²) in [5.74, 6) is -2.29. The molecule has 176 valence electrons. The van der Waals surface area contributed by atoms with Crippen molar-refractivity contribution in [2.75, 3.05) is 31.1 Å². The number of nitrogens with zero attached hydrogens (tertiary/aromatic N) is 4. The number of aryl methyl sites for hydroxylation is 1. The zero-order valence-corrected chi connectivity index (χ0v) is 18.2. The molecule has 10 nitrogen and oxygen atoms in total. The number of aromatic nitrogens is 1. The Kier molecular flexibility index (Phi) is 6.01. The molecule has 1 N–H and O–H groups in total. The van der Waals surface area contributed by atoms with Gasteiger partial charge in [-0.05, 0) is 31.2 Å². The summed E-state index contributed by atoms with van der Waals surface area (Å²) in [4.78, 5) is 50.3. The van der Waals surface area contributed by atoms with Crippen LogP contribution in [0, 0.1) is 15.9 Å². The number of aromatic carboxylic acids is 1. The van der Waals surface area contributed by atoms with Crippen LogP contribution >= 0.6 is 0 Å². The van der Waals surface area contributed by atoms with E-state index in [0.29, 0.717) is 43.8 Å². The van der Waals surface area contributed by atoms with Gasteiger partial charge in [-0.1, -0.05) is 0 Å². The van der Waals surface area contributed by atoms with Crippen molar-refractivity contribution in [2.24, 2.45) is 0 Å². The number of benzene rings is 2. The second-order valence-electron chi connectivity index (χ2n) is 7.87. The van der Waals surface area contributed by atoms with Gasteiger partial charge in [0.2, 0.25) is 5.43 Å². The van der Waals surface area contributed by atoms with E-state index in [4.69, 9.17) is 0 Å². The molecule has 1 aliphatic heterocycles. The fourth-order valence-corrected chi connectivity index (χ4v) is 4.11. The van der Waals surface area contributed by atoms with E-state index in [1.165, 1.54) is 36.5 Å². The molecule has 0 aliphatic carbocycles. The topological polar surface area (TPSA) is 126 Å². The van der Waals surface area contributed by atoms with Crippen molar-refractivity contribution in [2.45, 2.75) is 13.5 Å². The number of nitro benzene ring substituents is 1. The number of piperazine rings is 1. The van der Waals surface area contributed by atoms with Gasteiger partial charge in [-0.25, -0.2) is 9.18 Å². The largest absolute Gasteiger partial charge is 0.477 e. The number of amides is 1. The molecule has 1 amide bonds. The highest BCUT2D eigenvalue weighted by atomic mass is 19.1. The number of anilines is 1. The van der Waals surface area contributed by atoms with Crippen molar-refractivity contribution in [3.63, 3.8) is 0 Å². The number of pyridine rings is 1. The number of fused-ring (bicyclic) bond motifs is 1. The molecule has 11 heteroatoms. The number of hydrogen-bond donors (Lipinski definition) is 1. The van der Waals surface area contributed by atoms with E-state index in [2.05, 4.69) is 0 Å². The van der Waals surface area contributed by atoms with Crippen LogP contribution in [0.3, 0.4) is 0 Å². The van der Waals surface area contributed by atoms with E-state index in [-0.39, 0.29) is 22.7 Å². The number of non-ortho nitro benzene ring substituents is 1. The Morgan fingerprint density at radius 1 is 1.12 bits per heavy atom. The fourth-order valence-electron chi connectivity index (χ4n) is 4.11. The van der Waals surface area contributed by atoms with E-state index in [9.17, 15) is 29.6 Å². The second kappa shape index (κ2) is 8.93. The van der Waals surface area contributed by atoms with Crippen molar-refractivity contribution < 1.29 is 24.0 Å². The Balaban J connectivity index is 1.57. The molecule has 0 spiro atoms. The van der Waals surface area contributed by atoms with Gasteiger partial charge in [0.15, 0.2) is 0 Å². The molecule has 4 rings (SSSR count). The maximum Gasteiger partial charge on any atom is 0.341 e. The molecule has 3 aromatic rings. The number of nitro groups is 1. The molecule has 0 unspecified atom stereocenters. The third kappa shape index (κ3) is 4.07. The Morgan fingerprint density at radius 2 is 1.76 bits per heavy atom. The second-order valence-corrected chi connectivity index (χ2v) is 7.87. The molecule has 34 heavy (non-hydrogen) atoms. The monoisotopic (exact) mass is 468 g/mol. The normalized spacial score (nSPS) is 13.8. The van der Waals surface area contributed by atoms with Crippen LogP contribution in [0.15, 0.2) is 47.4 Å². The number of halogens is 1. The summed E-state index contributed by atoms with van der Waals surface area (Å²) in [5, 5.41) is 20.1. The van der Waals surface area contributed by atoms with Crippen LogP contribution in [0.4, 0.5) is 15.8 Å². The summed E-state index contributed by atoms with van der Waals surface area (Å²) in [5.41, 5.74) is -0.236. The average molecular weight is 468 g/mol. The first kappa shape index (κ1) is 22.9. The minimum Gasteiger partial charge on any atom is -0.477 e. The lowest BCUT2D eigenvalue weighted by atomic mass is 10.1. The smallest absolute Gasteiger partial charge is 0.341 e. The zero-order chi connectivity index (χ0) is 24.6. The van der Waals surface area contributed by atoms with Gasteiger partial charge < -0.3 is 19.5 Å². The number of rotatable bonds is 5. The van der Waals surface area contributed by atoms with Crippen LogP contribution in [-0.2, 0) is 6.54 Å². The van der Waals surface area contributed by atoms with Crippen LogP contribution in [0.25, 0.3) is 10.9 Å². The van der Waals surface area contributed by atoms with Crippen molar-refractivity contribution >= 4 is 34.2 Å². The van der Waals surface area contributed by atoms with Crippen molar-refractivity contribution in [3.8, 4) is 0 Å². The first-order valence-corrected chi connectivity index (χ1v) is 10.6. The van der Waals surface area contributed by atoms with Crippen LogP contribution in [0.1, 0.15) is 27.6 Å². The van der Waals surface area contributed by atoms with Crippen LogP contribution in [0.5, 0.6) is 0 Å². The standard InChI is InChI=1S/C23H21FN4O6/c1-2-25-13-17(23(31)32)21(29)16-11-18(24)20(12-19(16)25)26-7-9-27(10-8-26)22(30)14-3-5-15(6-4-14)28(33)34/h3-6,11-13H,2,7-10H2,1H3,(H,31,32). The van der Waals surface area contributed by atoms with Gasteiger partial charge >= 0.3 is 5.97 Å². The SMILES string of the molecule is CCn1cc(C(=O)O)c(=O)c2cc(F)c(N3CCN(C(=O)c4ccc([N+](=O)[O-])cc4)CC3)cc21. The molecule has 0 bridgehead atoms. The predicted molar refractivity (Wildman–Crippen MR) is 122 cm³/mol. The minimum atomic E-state index is -1.37. The van der Waals surface area contributed by atoms with E-state index < -0.39 is 27.7 Å². The van der Waals surface area contributed by atoms with E-state index in [1.807, 2.05) is 0 Å². The van der Waals surface area contributed by atoms with Gasteiger partial charge in [0.25, 0.3) is 11.6 Å². The fraction of sp³-hybridized carbons (Fsp3) is 0.261. The maximum atomic E-state index is 15.0. The third-order valence-electron chi connectivity index (χ3n) is 5.95. The van der Waals surface area contributed by atoms with Crippen molar-refractivity contribution in [1.82, 2.24) is 9.47 Å². The number of carboxylic acids is 1. The lowest BCUT2D eigenvalue weighted by Gasteiger charge is -2.36. The molecule has 1 saturated heterocycles. The quantitative estimate of drug-likeness (QED) is 0.451. The molecule has 0 saturated carbocycles. The molecular weight excluding hydrogens is 447 g/mol. The summed E-state index contributed by atoms with van der Waals surface area (Å²) in [6, 6.07) is 7.97. The van der Waals surface area contributed by atoms with Crippen molar-refractivity contribution in [1.29, 1.82) is 0 Å². The first-order valence-electron chi connectivity index (χ1n) is 10.6. The van der Waals surface area contributed by atoms with E-state index in [0.717, 1.165) is 6.07 Å². The summed E-state index contributed by atoms with van der Waals surface area (Å²) < 4.78 is 16.6. The molecule has 1 fully saturated rings. The van der Waals surface area contributed by atoms with Crippen LogP contribution in [-0.4, -0.2) is 57.6 Å². The van der Waals surface area contributed by atoms with Gasteiger partial charge in [0, 0.05) is 62.0 Å². The Hall–Kier alpha value is -4.28. The molecule has 0 atom stereocenters. The van der Waals surface area contributed by atoms with Gasteiger partial charge in [0.05, 0.1) is 16.1 Å². The van der Waals surface area contributed by atoms with E-state index in [1.54, 1.807) is 21.3 Å². The highest BCUT2D eigenvalue weighted by Crippen LogP contribution is 2.27. The van der Waals surface area contributed by atoms with Gasteiger partial charge in [-0.3, -0.25) is 19.7 Å². The molecule has 2 heterocycles. The molecule has 2 aromatic carbocycles. The van der Waals surface area contributed by atoms with E-state index >= 15 is 4.39 Å². The average Bonchev–Trinajstić information content (AvgIpc) is 2.84. The number of carboxylic acid groups (broad SMARTS) is 1. The minimum absolute atomic E-state index is 0.00464. The highest BCUT2D eigenvalue weighted by Gasteiger charge is 2.25. The third-order valence-corrected chi connectivity index (χ3v) is 5.95. The highest BCUT2D eigenvalue weighted by molar-refractivity contribution is 5.95.